The standard InChI is InChI=1S/C25H30N4O/c1-29(20-8-3-2-4-9-20)17-7-14-27-25(30)22-18-24(19-12-15-26-16-13-19)28-23-11-6-5-10-21(22)23/h5-6,10-13,15-16,18,20H,2-4,7-9,14,17H2,1H3,(H,27,30)/p+1. The summed E-state index contributed by atoms with van der Waals surface area (Å²) in [4.78, 5) is 23.5. The van der Waals surface area contributed by atoms with E-state index in [0.717, 1.165) is 41.2 Å². The van der Waals surface area contributed by atoms with Crippen LogP contribution in [0.4, 0.5) is 0 Å². The Labute approximate surface area is 178 Å². The molecule has 3 aromatic rings. The molecule has 1 unspecified atom stereocenters. The van der Waals surface area contributed by atoms with Crippen molar-refractivity contribution in [2.45, 2.75) is 44.6 Å². The number of carbonyl (C=O) groups is 1. The molecule has 1 fully saturated rings. The smallest absolute Gasteiger partial charge is 0.252 e. The monoisotopic (exact) mass is 403 g/mol. The van der Waals surface area contributed by atoms with Gasteiger partial charge in [0.05, 0.1) is 36.4 Å². The molecule has 2 aromatic heterocycles. The molecule has 1 aliphatic rings. The second-order valence-corrected chi connectivity index (χ2v) is 8.35. The molecule has 1 saturated carbocycles. The van der Waals surface area contributed by atoms with Crippen molar-refractivity contribution in [1.29, 1.82) is 0 Å². The molecule has 30 heavy (non-hydrogen) atoms. The van der Waals surface area contributed by atoms with Gasteiger partial charge in [0.1, 0.15) is 0 Å². The first-order chi connectivity index (χ1) is 14.7. The van der Waals surface area contributed by atoms with Gasteiger partial charge >= 0.3 is 0 Å². The van der Waals surface area contributed by atoms with Gasteiger partial charge in [0, 0.05) is 36.3 Å². The number of fused-ring (bicyclic) bond motifs is 1. The maximum Gasteiger partial charge on any atom is 0.252 e. The third kappa shape index (κ3) is 4.85. The van der Waals surface area contributed by atoms with Gasteiger partial charge in [-0.3, -0.25) is 9.78 Å². The lowest BCUT2D eigenvalue weighted by atomic mass is 9.94. The molecule has 0 bridgehead atoms. The molecule has 1 atom stereocenters. The first-order valence-corrected chi connectivity index (χ1v) is 11.1. The number of amides is 1. The number of aromatic nitrogens is 2. The van der Waals surface area contributed by atoms with Crippen molar-refractivity contribution in [3.63, 3.8) is 0 Å². The Morgan fingerprint density at radius 2 is 1.87 bits per heavy atom. The summed E-state index contributed by atoms with van der Waals surface area (Å²) in [6.07, 6.45) is 11.3. The summed E-state index contributed by atoms with van der Waals surface area (Å²) in [6.45, 7) is 1.80. The molecule has 0 spiro atoms. The van der Waals surface area contributed by atoms with Gasteiger partial charge in [-0.05, 0) is 49.9 Å². The summed E-state index contributed by atoms with van der Waals surface area (Å²) in [5.41, 5.74) is 3.27. The van der Waals surface area contributed by atoms with Crippen LogP contribution in [0.1, 0.15) is 48.9 Å². The van der Waals surface area contributed by atoms with Crippen LogP contribution in [0.5, 0.6) is 0 Å². The molecule has 5 nitrogen and oxygen atoms in total. The SMILES string of the molecule is C[NH+](CCCNC(=O)c1cc(-c2ccncc2)nc2ccccc12)C1CCCCC1. The van der Waals surface area contributed by atoms with Crippen LogP contribution in [0.3, 0.4) is 0 Å². The van der Waals surface area contributed by atoms with E-state index in [0.29, 0.717) is 12.1 Å². The first-order valence-electron chi connectivity index (χ1n) is 11.1. The zero-order chi connectivity index (χ0) is 20.8. The molecule has 4 rings (SSSR count). The molecule has 0 aliphatic heterocycles. The molecule has 156 valence electrons. The number of nitrogens with one attached hydrogen (secondary N) is 2. The minimum Gasteiger partial charge on any atom is -0.352 e. The van der Waals surface area contributed by atoms with Gasteiger partial charge in [0.25, 0.3) is 5.91 Å². The Morgan fingerprint density at radius 3 is 2.67 bits per heavy atom. The van der Waals surface area contributed by atoms with Gasteiger partial charge < -0.3 is 10.2 Å². The number of benzene rings is 1. The average Bonchev–Trinajstić information content (AvgIpc) is 2.82. The molecular weight excluding hydrogens is 372 g/mol. The molecule has 2 heterocycles. The van der Waals surface area contributed by atoms with Crippen LogP contribution in [0, 0.1) is 0 Å². The molecule has 1 aliphatic carbocycles. The van der Waals surface area contributed by atoms with E-state index in [1.54, 1.807) is 17.3 Å². The third-order valence-corrected chi connectivity index (χ3v) is 6.27. The largest absolute Gasteiger partial charge is 0.352 e. The van der Waals surface area contributed by atoms with Crippen LogP contribution in [-0.4, -0.2) is 42.1 Å². The first kappa shape index (κ1) is 20.5. The number of quaternary nitrogens is 1. The van der Waals surface area contributed by atoms with Crippen molar-refractivity contribution >= 4 is 16.8 Å². The van der Waals surface area contributed by atoms with Gasteiger partial charge in [-0.2, -0.15) is 0 Å². The van der Waals surface area contributed by atoms with Crippen molar-refractivity contribution in [3.8, 4) is 11.3 Å². The topological polar surface area (TPSA) is 59.3 Å². The van der Waals surface area contributed by atoms with E-state index in [1.807, 2.05) is 42.5 Å². The van der Waals surface area contributed by atoms with Crippen LogP contribution >= 0.6 is 0 Å². The highest BCUT2D eigenvalue weighted by molar-refractivity contribution is 6.07. The Bertz CT molecular complexity index is 983. The van der Waals surface area contributed by atoms with E-state index in [1.165, 1.54) is 32.1 Å². The van der Waals surface area contributed by atoms with E-state index in [4.69, 9.17) is 4.98 Å². The lowest BCUT2D eigenvalue weighted by Crippen LogP contribution is -3.13. The number of pyridine rings is 2. The van der Waals surface area contributed by atoms with E-state index in [9.17, 15) is 4.79 Å². The number of hydrogen-bond donors (Lipinski definition) is 2. The second kappa shape index (κ2) is 9.81. The Kier molecular flexibility index (Phi) is 6.70. The number of carbonyl (C=O) groups excluding carboxylic acids is 1. The summed E-state index contributed by atoms with van der Waals surface area (Å²) in [5.74, 6) is -0.0285. The maximum absolute atomic E-state index is 13.0. The summed E-state index contributed by atoms with van der Waals surface area (Å²) in [7, 11) is 2.30. The van der Waals surface area contributed by atoms with Crippen molar-refractivity contribution in [2.24, 2.45) is 0 Å². The fraction of sp³-hybridized carbons (Fsp3) is 0.400. The zero-order valence-corrected chi connectivity index (χ0v) is 17.7. The van der Waals surface area contributed by atoms with Crippen LogP contribution < -0.4 is 10.2 Å². The van der Waals surface area contributed by atoms with Gasteiger partial charge in [-0.15, -0.1) is 0 Å². The molecule has 0 saturated heterocycles. The predicted octanol–water partition coefficient (Wildman–Crippen LogP) is 3.26. The molecule has 0 radical (unpaired) electrons. The zero-order valence-electron chi connectivity index (χ0n) is 17.7. The van der Waals surface area contributed by atoms with E-state index >= 15 is 0 Å². The highest BCUT2D eigenvalue weighted by atomic mass is 16.1. The van der Waals surface area contributed by atoms with E-state index < -0.39 is 0 Å². The molecule has 1 amide bonds. The van der Waals surface area contributed by atoms with Gasteiger partial charge in [-0.1, -0.05) is 24.6 Å². The van der Waals surface area contributed by atoms with Crippen molar-refractivity contribution < 1.29 is 9.69 Å². The molecular formula is C25H31N4O+. The second-order valence-electron chi connectivity index (χ2n) is 8.35. The Hall–Kier alpha value is -2.79. The fourth-order valence-electron chi connectivity index (χ4n) is 4.50. The summed E-state index contributed by atoms with van der Waals surface area (Å²) >= 11 is 0. The highest BCUT2D eigenvalue weighted by Crippen LogP contribution is 2.24. The molecule has 5 heteroatoms. The van der Waals surface area contributed by atoms with Crippen LogP contribution in [-0.2, 0) is 0 Å². The molecule has 1 aromatic carbocycles. The van der Waals surface area contributed by atoms with Crippen molar-refractivity contribution in [3.05, 3.63) is 60.4 Å². The number of para-hydroxylation sites is 1. The summed E-state index contributed by atoms with van der Waals surface area (Å²) < 4.78 is 0. The number of nitrogens with zero attached hydrogens (tertiary/aromatic N) is 2. The van der Waals surface area contributed by atoms with Gasteiger partial charge in [0.2, 0.25) is 0 Å². The van der Waals surface area contributed by atoms with Crippen molar-refractivity contribution in [1.82, 2.24) is 15.3 Å². The van der Waals surface area contributed by atoms with Crippen LogP contribution in [0.2, 0.25) is 0 Å². The normalized spacial score (nSPS) is 15.8. The fourth-order valence-corrected chi connectivity index (χ4v) is 4.50. The van der Waals surface area contributed by atoms with Crippen LogP contribution in [0.15, 0.2) is 54.9 Å². The van der Waals surface area contributed by atoms with Crippen molar-refractivity contribution in [2.75, 3.05) is 20.1 Å². The minimum atomic E-state index is -0.0285. The van der Waals surface area contributed by atoms with E-state index in [2.05, 4.69) is 17.3 Å². The lowest BCUT2D eigenvalue weighted by Gasteiger charge is -2.28. The lowest BCUT2D eigenvalue weighted by molar-refractivity contribution is -0.907. The Morgan fingerprint density at radius 1 is 1.10 bits per heavy atom. The maximum atomic E-state index is 13.0. The highest BCUT2D eigenvalue weighted by Gasteiger charge is 2.21. The number of rotatable bonds is 7. The predicted molar refractivity (Wildman–Crippen MR) is 121 cm³/mol. The minimum absolute atomic E-state index is 0.0285. The van der Waals surface area contributed by atoms with E-state index in [-0.39, 0.29) is 5.91 Å². The summed E-state index contributed by atoms with van der Waals surface area (Å²) in [6, 6.07) is 14.4. The number of hydrogen-bond acceptors (Lipinski definition) is 3. The van der Waals surface area contributed by atoms with Gasteiger partial charge in [-0.25, -0.2) is 4.98 Å². The molecule has 2 N–H and O–H groups in total. The Balaban J connectivity index is 1.43. The van der Waals surface area contributed by atoms with Gasteiger partial charge in [0.15, 0.2) is 0 Å². The van der Waals surface area contributed by atoms with Crippen LogP contribution in [0.25, 0.3) is 22.2 Å². The quantitative estimate of drug-likeness (QED) is 0.596. The summed E-state index contributed by atoms with van der Waals surface area (Å²) in [5, 5.41) is 4.02. The third-order valence-electron chi connectivity index (χ3n) is 6.27. The average molecular weight is 404 g/mol.